The first-order valence-electron chi connectivity index (χ1n) is 7.41. The van der Waals surface area contributed by atoms with E-state index in [1.807, 2.05) is 11.2 Å². The highest BCUT2D eigenvalue weighted by atomic mass is 32.2. The Bertz CT molecular complexity index is 422. The monoisotopic (exact) mass is 297 g/mol. The Labute approximate surface area is 123 Å². The summed E-state index contributed by atoms with van der Waals surface area (Å²) in [4.78, 5) is 14.5. The van der Waals surface area contributed by atoms with Gasteiger partial charge >= 0.3 is 0 Å². The second-order valence-electron chi connectivity index (χ2n) is 6.43. The largest absolute Gasteiger partial charge is 0.409 e. The molecule has 0 bridgehead atoms. The number of carbonyl (C=O) groups excluding carboxylic acids is 1. The fourth-order valence-corrected chi connectivity index (χ4v) is 4.76. The number of piperidine rings is 1. The van der Waals surface area contributed by atoms with Crippen LogP contribution in [0.25, 0.3) is 0 Å². The number of thioether (sulfide) groups is 1. The van der Waals surface area contributed by atoms with Crippen LogP contribution in [0.15, 0.2) is 5.16 Å². The van der Waals surface area contributed by atoms with Crippen LogP contribution in [-0.2, 0) is 4.79 Å². The maximum absolute atomic E-state index is 12.5. The minimum Gasteiger partial charge on any atom is -0.409 e. The molecular weight excluding hydrogens is 274 g/mol. The van der Waals surface area contributed by atoms with E-state index in [-0.39, 0.29) is 10.7 Å². The molecule has 3 N–H and O–H groups in total. The van der Waals surface area contributed by atoms with Crippen molar-refractivity contribution in [1.82, 2.24) is 4.90 Å². The molecule has 2 atom stereocenters. The van der Waals surface area contributed by atoms with Crippen LogP contribution in [0.5, 0.6) is 0 Å². The Morgan fingerprint density at radius 1 is 1.30 bits per heavy atom. The molecule has 0 radical (unpaired) electrons. The second kappa shape index (κ2) is 5.13. The highest BCUT2D eigenvalue weighted by molar-refractivity contribution is 8.00. The van der Waals surface area contributed by atoms with Gasteiger partial charge in [-0.1, -0.05) is 5.16 Å². The second-order valence-corrected chi connectivity index (χ2v) is 7.62. The number of nitrogens with two attached hydrogens (primary N) is 1. The number of rotatable bonds is 3. The molecule has 5 nitrogen and oxygen atoms in total. The van der Waals surface area contributed by atoms with Gasteiger partial charge in [-0.2, -0.15) is 11.8 Å². The minimum absolute atomic E-state index is 0.268. The van der Waals surface area contributed by atoms with Crippen molar-refractivity contribution >= 4 is 23.5 Å². The summed E-state index contributed by atoms with van der Waals surface area (Å²) >= 11 is 1.63. The molecular formula is C14H23N3O2S. The van der Waals surface area contributed by atoms with E-state index in [1.165, 1.54) is 6.42 Å². The van der Waals surface area contributed by atoms with Gasteiger partial charge in [-0.05, 0) is 50.2 Å². The van der Waals surface area contributed by atoms with E-state index < -0.39 is 0 Å². The zero-order valence-electron chi connectivity index (χ0n) is 11.9. The molecule has 1 aliphatic heterocycles. The summed E-state index contributed by atoms with van der Waals surface area (Å²) in [5.41, 5.74) is 5.84. The highest BCUT2D eigenvalue weighted by Crippen LogP contribution is 2.54. The third kappa shape index (κ3) is 2.28. The molecule has 6 heteroatoms. The Morgan fingerprint density at radius 3 is 2.40 bits per heavy atom. The lowest BCUT2D eigenvalue weighted by molar-refractivity contribution is -0.136. The zero-order valence-corrected chi connectivity index (χ0v) is 12.7. The number of oxime groups is 1. The number of nitrogens with zero attached hydrogens (tertiary/aromatic N) is 2. The van der Waals surface area contributed by atoms with Crippen LogP contribution in [0.3, 0.4) is 0 Å². The molecule has 3 rings (SSSR count). The lowest BCUT2D eigenvalue weighted by Crippen LogP contribution is -2.52. The van der Waals surface area contributed by atoms with Crippen molar-refractivity contribution in [3.8, 4) is 0 Å². The predicted octanol–water partition coefficient (Wildman–Crippen LogP) is 1.50. The molecule has 0 aromatic heterocycles. The number of likely N-dealkylation sites (tertiary alicyclic amines) is 1. The molecule has 2 unspecified atom stereocenters. The Balaban J connectivity index is 1.59. The molecule has 3 fully saturated rings. The van der Waals surface area contributed by atoms with Gasteiger partial charge in [0.2, 0.25) is 5.91 Å². The van der Waals surface area contributed by atoms with Crippen molar-refractivity contribution < 1.29 is 10.0 Å². The number of fused-ring (bicyclic) bond motifs is 1. The molecule has 112 valence electrons. The van der Waals surface area contributed by atoms with Gasteiger partial charge in [0.25, 0.3) is 0 Å². The summed E-state index contributed by atoms with van der Waals surface area (Å²) in [5, 5.41) is 12.1. The molecule has 1 heterocycles. The summed E-state index contributed by atoms with van der Waals surface area (Å²) in [6.45, 7) is 1.45. The van der Waals surface area contributed by atoms with Gasteiger partial charge in [0.05, 0.1) is 4.75 Å². The van der Waals surface area contributed by atoms with E-state index in [4.69, 9.17) is 10.9 Å². The van der Waals surface area contributed by atoms with Gasteiger partial charge in [-0.3, -0.25) is 4.79 Å². The lowest BCUT2D eigenvalue weighted by atomic mass is 9.92. The van der Waals surface area contributed by atoms with E-state index in [0.717, 1.165) is 50.6 Å². The van der Waals surface area contributed by atoms with Crippen molar-refractivity contribution in [2.24, 2.45) is 28.6 Å². The molecule has 2 aliphatic carbocycles. The first-order chi connectivity index (χ1) is 9.59. The molecule has 1 saturated heterocycles. The first-order valence-corrected chi connectivity index (χ1v) is 8.64. The average Bonchev–Trinajstić information content (AvgIpc) is 3.11. The van der Waals surface area contributed by atoms with Crippen LogP contribution in [0.4, 0.5) is 0 Å². The molecule has 0 aromatic rings. The van der Waals surface area contributed by atoms with E-state index >= 15 is 0 Å². The highest BCUT2D eigenvalue weighted by Gasteiger charge is 2.49. The number of hydrogen-bond donors (Lipinski definition) is 2. The Morgan fingerprint density at radius 2 is 1.90 bits per heavy atom. The summed E-state index contributed by atoms with van der Waals surface area (Å²) in [6.07, 6.45) is 7.09. The van der Waals surface area contributed by atoms with Crippen molar-refractivity contribution in [3.63, 3.8) is 0 Å². The van der Waals surface area contributed by atoms with Gasteiger partial charge in [-0.15, -0.1) is 0 Å². The summed E-state index contributed by atoms with van der Waals surface area (Å²) in [7, 11) is 0. The Hall–Kier alpha value is -0.910. The number of hydrogen-bond acceptors (Lipinski definition) is 4. The summed E-state index contributed by atoms with van der Waals surface area (Å²) < 4.78 is -0.302. The SMILES string of the molecule is CSC1(C(N)=NO)CCN(C(=O)C2CC3CC3C2)CC1. The van der Waals surface area contributed by atoms with E-state index in [9.17, 15) is 4.79 Å². The quantitative estimate of drug-likeness (QED) is 0.358. The van der Waals surface area contributed by atoms with Gasteiger partial charge in [0.15, 0.2) is 5.84 Å². The third-order valence-electron chi connectivity index (χ3n) is 5.44. The van der Waals surface area contributed by atoms with E-state index in [2.05, 4.69) is 5.16 Å². The molecule has 1 amide bonds. The number of carbonyl (C=O) groups is 1. The van der Waals surface area contributed by atoms with Crippen molar-refractivity contribution in [2.75, 3.05) is 19.3 Å². The van der Waals surface area contributed by atoms with Crippen molar-refractivity contribution in [2.45, 2.75) is 36.9 Å². The number of amides is 1. The molecule has 20 heavy (non-hydrogen) atoms. The van der Waals surface area contributed by atoms with E-state index in [1.54, 1.807) is 11.8 Å². The maximum Gasteiger partial charge on any atom is 0.225 e. The third-order valence-corrected chi connectivity index (χ3v) is 6.84. The molecule has 3 aliphatic rings. The molecule has 2 saturated carbocycles. The number of amidine groups is 1. The smallest absolute Gasteiger partial charge is 0.225 e. The van der Waals surface area contributed by atoms with Crippen LogP contribution in [-0.4, -0.2) is 45.9 Å². The van der Waals surface area contributed by atoms with Gasteiger partial charge in [0, 0.05) is 19.0 Å². The first kappa shape index (κ1) is 14.0. The maximum atomic E-state index is 12.5. The fraction of sp³-hybridized carbons (Fsp3) is 0.857. The van der Waals surface area contributed by atoms with Crippen LogP contribution >= 0.6 is 11.8 Å². The standard InChI is InChI=1S/C14H23N3O2S/c1-20-14(13(15)16-19)2-4-17(5-3-14)12(18)11-7-9-6-10(9)8-11/h9-11,19H,2-8H2,1H3,(H2,15,16). The van der Waals surface area contributed by atoms with Gasteiger partial charge in [-0.25, -0.2) is 0 Å². The Kier molecular flexibility index (Phi) is 3.60. The fourth-order valence-electron chi connectivity index (χ4n) is 3.92. The van der Waals surface area contributed by atoms with Crippen LogP contribution in [0.2, 0.25) is 0 Å². The summed E-state index contributed by atoms with van der Waals surface area (Å²) in [5.74, 6) is 2.59. The van der Waals surface area contributed by atoms with Gasteiger partial charge in [0.1, 0.15) is 0 Å². The van der Waals surface area contributed by atoms with Crippen LogP contribution in [0.1, 0.15) is 32.1 Å². The van der Waals surface area contributed by atoms with Gasteiger partial charge < -0.3 is 15.8 Å². The summed E-state index contributed by atoms with van der Waals surface area (Å²) in [6, 6.07) is 0. The van der Waals surface area contributed by atoms with Crippen LogP contribution < -0.4 is 5.73 Å². The lowest BCUT2D eigenvalue weighted by Gasteiger charge is -2.40. The van der Waals surface area contributed by atoms with Crippen molar-refractivity contribution in [1.29, 1.82) is 0 Å². The minimum atomic E-state index is -0.302. The zero-order chi connectivity index (χ0) is 14.3. The molecule has 0 spiro atoms. The van der Waals surface area contributed by atoms with Crippen LogP contribution in [0, 0.1) is 17.8 Å². The predicted molar refractivity (Wildman–Crippen MR) is 79.8 cm³/mol. The van der Waals surface area contributed by atoms with Crippen molar-refractivity contribution in [3.05, 3.63) is 0 Å². The normalized spacial score (nSPS) is 35.8. The molecule has 0 aromatic carbocycles. The average molecular weight is 297 g/mol. The van der Waals surface area contributed by atoms with E-state index in [0.29, 0.717) is 11.7 Å². The topological polar surface area (TPSA) is 78.9 Å².